The monoisotopic (exact) mass is 312 g/mol. The number of phenolic OH excluding ortho intramolecular Hbond substituents is 1. The number of carbonyl (C=O) groups excluding carboxylic acids is 3. The van der Waals surface area contributed by atoms with Crippen molar-refractivity contribution in [3.8, 4) is 11.5 Å². The summed E-state index contributed by atoms with van der Waals surface area (Å²) in [4.78, 5) is 36.7. The zero-order valence-corrected chi connectivity index (χ0v) is 12.1. The number of ether oxygens (including phenoxy) is 1. The highest BCUT2D eigenvalue weighted by Crippen LogP contribution is 2.26. The molecule has 3 amide bonds. The summed E-state index contributed by atoms with van der Waals surface area (Å²) >= 11 is 0. The van der Waals surface area contributed by atoms with Crippen molar-refractivity contribution in [3.63, 3.8) is 0 Å². The van der Waals surface area contributed by atoms with Crippen LogP contribution in [0.4, 0.5) is 0 Å². The number of aromatic hydroxyl groups is 1. The van der Waals surface area contributed by atoms with Gasteiger partial charge in [0, 0.05) is 0 Å². The van der Waals surface area contributed by atoms with Gasteiger partial charge in [-0.2, -0.15) is 5.01 Å². The third-order valence-corrected chi connectivity index (χ3v) is 3.46. The Morgan fingerprint density at radius 2 is 1.78 bits per heavy atom. The lowest BCUT2D eigenvalue weighted by atomic mass is 10.1. The first kappa shape index (κ1) is 14.6. The molecule has 0 aliphatic carbocycles. The molecule has 1 aliphatic heterocycles. The van der Waals surface area contributed by atoms with E-state index < -0.39 is 17.7 Å². The van der Waals surface area contributed by atoms with Gasteiger partial charge >= 0.3 is 0 Å². The molecule has 2 N–H and O–H groups in total. The topological polar surface area (TPSA) is 95.9 Å². The number of methoxy groups -OCH3 is 1. The molecule has 23 heavy (non-hydrogen) atoms. The van der Waals surface area contributed by atoms with E-state index in [4.69, 9.17) is 4.74 Å². The highest BCUT2D eigenvalue weighted by atomic mass is 16.5. The molecular formula is C16H12N2O5. The van der Waals surface area contributed by atoms with E-state index in [-0.39, 0.29) is 22.4 Å². The van der Waals surface area contributed by atoms with E-state index in [9.17, 15) is 19.5 Å². The second-order valence-corrected chi connectivity index (χ2v) is 4.82. The lowest BCUT2D eigenvalue weighted by molar-refractivity contribution is 0.0517. The molecule has 1 aliphatic rings. The predicted molar refractivity (Wildman–Crippen MR) is 79.1 cm³/mol. The minimum Gasteiger partial charge on any atom is -0.507 e. The molecule has 0 radical (unpaired) electrons. The van der Waals surface area contributed by atoms with Gasteiger partial charge in [0.25, 0.3) is 17.7 Å². The van der Waals surface area contributed by atoms with Crippen molar-refractivity contribution in [2.45, 2.75) is 0 Å². The lowest BCUT2D eigenvalue weighted by Gasteiger charge is -2.15. The van der Waals surface area contributed by atoms with E-state index in [1.807, 2.05) is 0 Å². The minimum absolute atomic E-state index is 0.0402. The van der Waals surface area contributed by atoms with Gasteiger partial charge in [0.15, 0.2) is 0 Å². The van der Waals surface area contributed by atoms with Gasteiger partial charge in [0.05, 0.1) is 23.8 Å². The number of rotatable bonds is 3. The number of hydrazine groups is 1. The first-order chi connectivity index (χ1) is 11.0. The smallest absolute Gasteiger partial charge is 0.280 e. The molecule has 3 rings (SSSR count). The standard InChI is InChI=1S/C16H12N2O5/c1-23-9-6-7-10-12(8-9)16(22)18(15(10)21)17-14(20)11-4-2-3-5-13(11)19/h2-8,19H,1H3,(H,17,20). The van der Waals surface area contributed by atoms with Crippen molar-refractivity contribution in [2.75, 3.05) is 7.11 Å². The molecule has 0 atom stereocenters. The number of benzene rings is 2. The Kier molecular flexibility index (Phi) is 3.46. The first-order valence-corrected chi connectivity index (χ1v) is 6.68. The molecule has 0 bridgehead atoms. The SMILES string of the molecule is COc1ccc2c(c1)C(=O)N(NC(=O)c1ccccc1O)C2=O. The van der Waals surface area contributed by atoms with Gasteiger partial charge in [-0.25, -0.2) is 0 Å². The molecule has 2 aromatic carbocycles. The summed E-state index contributed by atoms with van der Waals surface area (Å²) in [5, 5.41) is 10.3. The van der Waals surface area contributed by atoms with Gasteiger partial charge in [-0.05, 0) is 30.3 Å². The molecule has 0 saturated heterocycles. The summed E-state index contributed by atoms with van der Waals surface area (Å²) in [5.74, 6) is -1.88. The van der Waals surface area contributed by atoms with Crippen LogP contribution in [-0.2, 0) is 0 Å². The molecule has 0 spiro atoms. The highest BCUT2D eigenvalue weighted by Gasteiger charge is 2.37. The van der Waals surface area contributed by atoms with Gasteiger partial charge < -0.3 is 9.84 Å². The van der Waals surface area contributed by atoms with E-state index >= 15 is 0 Å². The second kappa shape index (κ2) is 5.45. The second-order valence-electron chi connectivity index (χ2n) is 4.82. The minimum atomic E-state index is -0.760. The van der Waals surface area contributed by atoms with Crippen LogP contribution in [-0.4, -0.2) is 34.9 Å². The van der Waals surface area contributed by atoms with Gasteiger partial charge in [-0.15, -0.1) is 0 Å². The number of para-hydroxylation sites is 1. The van der Waals surface area contributed by atoms with Crippen LogP contribution in [0.5, 0.6) is 11.5 Å². The van der Waals surface area contributed by atoms with Crippen LogP contribution >= 0.6 is 0 Å². The Morgan fingerprint density at radius 1 is 1.09 bits per heavy atom. The number of phenols is 1. The fraction of sp³-hybridized carbons (Fsp3) is 0.0625. The average Bonchev–Trinajstić information content (AvgIpc) is 2.79. The van der Waals surface area contributed by atoms with Crippen LogP contribution < -0.4 is 10.2 Å². The maximum Gasteiger partial charge on any atom is 0.280 e. The maximum atomic E-state index is 12.3. The predicted octanol–water partition coefficient (Wildman–Crippen LogP) is 1.34. The molecule has 7 nitrogen and oxygen atoms in total. The van der Waals surface area contributed by atoms with Crippen molar-refractivity contribution in [3.05, 3.63) is 59.2 Å². The maximum absolute atomic E-state index is 12.3. The molecule has 1 heterocycles. The summed E-state index contributed by atoms with van der Waals surface area (Å²) in [6.07, 6.45) is 0. The Balaban J connectivity index is 1.88. The van der Waals surface area contributed by atoms with Crippen molar-refractivity contribution in [1.29, 1.82) is 0 Å². The fourth-order valence-corrected chi connectivity index (χ4v) is 2.28. The summed E-state index contributed by atoms with van der Waals surface area (Å²) in [5.41, 5.74) is 2.49. The molecular weight excluding hydrogens is 300 g/mol. The Morgan fingerprint density at radius 3 is 2.48 bits per heavy atom. The zero-order chi connectivity index (χ0) is 16.6. The molecule has 116 valence electrons. The van der Waals surface area contributed by atoms with Crippen LogP contribution in [0.1, 0.15) is 31.1 Å². The van der Waals surface area contributed by atoms with E-state index in [1.54, 1.807) is 18.2 Å². The van der Waals surface area contributed by atoms with Gasteiger partial charge in [-0.3, -0.25) is 19.8 Å². The normalized spacial score (nSPS) is 13.0. The number of nitrogens with zero attached hydrogens (tertiary/aromatic N) is 1. The zero-order valence-electron chi connectivity index (χ0n) is 12.1. The first-order valence-electron chi connectivity index (χ1n) is 6.68. The van der Waals surface area contributed by atoms with Crippen LogP contribution in [0, 0.1) is 0 Å². The van der Waals surface area contributed by atoms with Crippen LogP contribution in [0.25, 0.3) is 0 Å². The Labute approximate surface area is 131 Å². The van der Waals surface area contributed by atoms with Gasteiger partial charge in [0.1, 0.15) is 11.5 Å². The molecule has 0 unspecified atom stereocenters. The number of carbonyl (C=O) groups is 3. The summed E-state index contributed by atoms with van der Waals surface area (Å²) in [6.45, 7) is 0. The van der Waals surface area contributed by atoms with E-state index in [2.05, 4.69) is 5.43 Å². The molecule has 7 heteroatoms. The van der Waals surface area contributed by atoms with Crippen molar-refractivity contribution in [1.82, 2.24) is 10.4 Å². The highest BCUT2D eigenvalue weighted by molar-refractivity contribution is 6.22. The van der Waals surface area contributed by atoms with Crippen molar-refractivity contribution in [2.24, 2.45) is 0 Å². The van der Waals surface area contributed by atoms with E-state index in [0.29, 0.717) is 10.8 Å². The van der Waals surface area contributed by atoms with Gasteiger partial charge in [0.2, 0.25) is 0 Å². The number of amides is 3. The Hall–Kier alpha value is -3.35. The van der Waals surface area contributed by atoms with Crippen LogP contribution in [0.15, 0.2) is 42.5 Å². The number of hydrogen-bond donors (Lipinski definition) is 2. The van der Waals surface area contributed by atoms with Gasteiger partial charge in [-0.1, -0.05) is 12.1 Å². The largest absolute Gasteiger partial charge is 0.507 e. The fourth-order valence-electron chi connectivity index (χ4n) is 2.28. The molecule has 0 aromatic heterocycles. The third-order valence-electron chi connectivity index (χ3n) is 3.46. The Bertz CT molecular complexity index is 831. The number of imide groups is 1. The van der Waals surface area contributed by atoms with Crippen LogP contribution in [0.3, 0.4) is 0 Å². The molecule has 2 aromatic rings. The average molecular weight is 312 g/mol. The summed E-state index contributed by atoms with van der Waals surface area (Å²) in [6, 6.07) is 10.3. The molecule has 0 saturated carbocycles. The number of hydrogen-bond acceptors (Lipinski definition) is 5. The van der Waals surface area contributed by atoms with E-state index in [0.717, 1.165) is 0 Å². The van der Waals surface area contributed by atoms with Crippen molar-refractivity contribution >= 4 is 17.7 Å². The molecule has 0 fully saturated rings. The third kappa shape index (κ3) is 2.38. The van der Waals surface area contributed by atoms with Crippen LogP contribution in [0.2, 0.25) is 0 Å². The van der Waals surface area contributed by atoms with E-state index in [1.165, 1.54) is 31.4 Å². The number of fused-ring (bicyclic) bond motifs is 1. The summed E-state index contributed by atoms with van der Waals surface area (Å²) in [7, 11) is 1.45. The summed E-state index contributed by atoms with van der Waals surface area (Å²) < 4.78 is 5.02. The van der Waals surface area contributed by atoms with Crippen molar-refractivity contribution < 1.29 is 24.2 Å². The quantitative estimate of drug-likeness (QED) is 0.834. The number of nitrogens with one attached hydrogen (secondary N) is 1. The lowest BCUT2D eigenvalue weighted by Crippen LogP contribution is -2.45.